The summed E-state index contributed by atoms with van der Waals surface area (Å²) in [5.74, 6) is -0.967. The van der Waals surface area contributed by atoms with Gasteiger partial charge in [0.25, 0.3) is 0 Å². The highest BCUT2D eigenvalue weighted by atomic mass is 35.5. The molecule has 0 bridgehead atoms. The molecular weight excluding hydrogens is 214 g/mol. The van der Waals surface area contributed by atoms with E-state index in [1.165, 1.54) is 0 Å². The first-order chi connectivity index (χ1) is 6.61. The summed E-state index contributed by atoms with van der Waals surface area (Å²) in [6, 6.07) is 8.95. The van der Waals surface area contributed by atoms with E-state index < -0.39 is 11.5 Å². The molecule has 0 aliphatic carbocycles. The average Bonchev–Trinajstić information content (AvgIpc) is 2.19. The number of benzene rings is 1. The van der Waals surface area contributed by atoms with E-state index >= 15 is 0 Å². The molecule has 3 N–H and O–H groups in total. The Morgan fingerprint density at radius 3 is 2.33 bits per heavy atom. The molecule has 0 radical (unpaired) electrons. The van der Waals surface area contributed by atoms with Crippen LogP contribution in [0.1, 0.15) is 25.3 Å². The van der Waals surface area contributed by atoms with Crippen LogP contribution in [-0.4, -0.2) is 11.1 Å². The lowest BCUT2D eigenvalue weighted by Crippen LogP contribution is -2.44. The van der Waals surface area contributed by atoms with E-state index in [1.54, 1.807) is 24.3 Å². The molecule has 1 unspecified atom stereocenters. The first kappa shape index (κ1) is 13.9. The Morgan fingerprint density at radius 2 is 1.93 bits per heavy atom. The van der Waals surface area contributed by atoms with E-state index in [-0.39, 0.29) is 12.4 Å². The molecule has 0 fully saturated rings. The second-order valence-corrected chi connectivity index (χ2v) is 3.39. The van der Waals surface area contributed by atoms with Crippen molar-refractivity contribution in [3.63, 3.8) is 0 Å². The standard InChI is InChI=1S/C11H15NO2.ClH/c1-2-8-11(12,10(13)14)9-6-4-3-5-7-9;/h3-7H,2,8,12H2,1H3,(H,13,14);1H. The number of halogens is 1. The molecule has 0 spiro atoms. The number of aliphatic carboxylic acids is 1. The van der Waals surface area contributed by atoms with Crippen LogP contribution in [0.25, 0.3) is 0 Å². The molecule has 4 heteroatoms. The van der Waals surface area contributed by atoms with Crippen LogP contribution in [-0.2, 0) is 10.3 Å². The van der Waals surface area contributed by atoms with Gasteiger partial charge in [-0.05, 0) is 12.0 Å². The second-order valence-electron chi connectivity index (χ2n) is 3.39. The van der Waals surface area contributed by atoms with Gasteiger partial charge in [0, 0.05) is 0 Å². The van der Waals surface area contributed by atoms with Gasteiger partial charge in [0.05, 0.1) is 0 Å². The van der Waals surface area contributed by atoms with Gasteiger partial charge in [-0.2, -0.15) is 0 Å². The first-order valence-electron chi connectivity index (χ1n) is 4.69. The number of hydrogen-bond donors (Lipinski definition) is 2. The van der Waals surface area contributed by atoms with Crippen molar-refractivity contribution in [2.45, 2.75) is 25.3 Å². The molecule has 1 atom stereocenters. The fraction of sp³-hybridized carbons (Fsp3) is 0.364. The van der Waals surface area contributed by atoms with Crippen molar-refractivity contribution in [1.82, 2.24) is 0 Å². The second kappa shape index (κ2) is 5.73. The van der Waals surface area contributed by atoms with Gasteiger partial charge in [0.1, 0.15) is 5.54 Å². The number of carboxylic acid groups (broad SMARTS) is 1. The van der Waals surface area contributed by atoms with Crippen LogP contribution in [0.4, 0.5) is 0 Å². The normalized spacial score (nSPS) is 13.7. The summed E-state index contributed by atoms with van der Waals surface area (Å²) in [5.41, 5.74) is 5.29. The molecule has 0 saturated carbocycles. The van der Waals surface area contributed by atoms with Gasteiger partial charge in [0.15, 0.2) is 0 Å². The van der Waals surface area contributed by atoms with Gasteiger partial charge in [0.2, 0.25) is 0 Å². The SMILES string of the molecule is CCCC(N)(C(=O)O)c1ccccc1.Cl. The van der Waals surface area contributed by atoms with Crippen molar-refractivity contribution >= 4 is 18.4 Å². The van der Waals surface area contributed by atoms with E-state index in [4.69, 9.17) is 10.8 Å². The van der Waals surface area contributed by atoms with Crippen molar-refractivity contribution in [3.8, 4) is 0 Å². The fourth-order valence-corrected chi connectivity index (χ4v) is 1.50. The number of carbonyl (C=O) groups is 1. The lowest BCUT2D eigenvalue weighted by molar-refractivity contribution is -0.144. The van der Waals surface area contributed by atoms with Crippen LogP contribution in [0.5, 0.6) is 0 Å². The third kappa shape index (κ3) is 2.94. The molecule has 15 heavy (non-hydrogen) atoms. The molecule has 0 heterocycles. The van der Waals surface area contributed by atoms with E-state index in [0.717, 1.165) is 6.42 Å². The quantitative estimate of drug-likeness (QED) is 0.832. The summed E-state index contributed by atoms with van der Waals surface area (Å²) < 4.78 is 0. The zero-order valence-electron chi connectivity index (χ0n) is 8.64. The van der Waals surface area contributed by atoms with Crippen LogP contribution in [0.15, 0.2) is 30.3 Å². The zero-order valence-corrected chi connectivity index (χ0v) is 9.46. The molecule has 3 nitrogen and oxygen atoms in total. The summed E-state index contributed by atoms with van der Waals surface area (Å²) in [6.07, 6.45) is 1.20. The van der Waals surface area contributed by atoms with Crippen LogP contribution >= 0.6 is 12.4 Å². The highest BCUT2D eigenvalue weighted by molar-refractivity contribution is 5.85. The van der Waals surface area contributed by atoms with E-state index in [2.05, 4.69) is 0 Å². The van der Waals surface area contributed by atoms with Crippen LogP contribution in [0, 0.1) is 0 Å². The lowest BCUT2D eigenvalue weighted by Gasteiger charge is -2.24. The molecule has 1 aromatic rings. The minimum atomic E-state index is -1.24. The van der Waals surface area contributed by atoms with Crippen LogP contribution in [0.2, 0.25) is 0 Å². The Labute approximate surface area is 95.7 Å². The maximum atomic E-state index is 11.1. The van der Waals surface area contributed by atoms with Gasteiger partial charge < -0.3 is 10.8 Å². The van der Waals surface area contributed by atoms with Crippen molar-refractivity contribution in [1.29, 1.82) is 0 Å². The van der Waals surface area contributed by atoms with E-state index in [0.29, 0.717) is 12.0 Å². The number of rotatable bonds is 4. The lowest BCUT2D eigenvalue weighted by atomic mass is 9.87. The molecule has 0 aromatic heterocycles. The van der Waals surface area contributed by atoms with Crippen molar-refractivity contribution in [2.24, 2.45) is 5.73 Å². The topological polar surface area (TPSA) is 63.3 Å². The third-order valence-corrected chi connectivity index (χ3v) is 2.31. The monoisotopic (exact) mass is 229 g/mol. The van der Waals surface area contributed by atoms with E-state index in [1.807, 2.05) is 13.0 Å². The molecule has 1 rings (SSSR count). The maximum Gasteiger partial charge on any atom is 0.328 e. The minimum absolute atomic E-state index is 0. The van der Waals surface area contributed by atoms with Gasteiger partial charge >= 0.3 is 5.97 Å². The minimum Gasteiger partial charge on any atom is -0.480 e. The average molecular weight is 230 g/mol. The van der Waals surface area contributed by atoms with Gasteiger partial charge in [-0.3, -0.25) is 0 Å². The summed E-state index contributed by atoms with van der Waals surface area (Å²) in [5, 5.41) is 9.09. The van der Waals surface area contributed by atoms with Crippen molar-refractivity contribution in [2.75, 3.05) is 0 Å². The Kier molecular flexibility index (Phi) is 5.33. The van der Waals surface area contributed by atoms with Gasteiger partial charge in [-0.1, -0.05) is 43.7 Å². The molecule has 0 aliphatic heterocycles. The number of carboxylic acids is 1. The molecule has 0 saturated heterocycles. The highest BCUT2D eigenvalue weighted by Gasteiger charge is 2.34. The predicted octanol–water partition coefficient (Wildman–Crippen LogP) is 2.15. The van der Waals surface area contributed by atoms with Crippen LogP contribution in [0.3, 0.4) is 0 Å². The third-order valence-electron chi connectivity index (χ3n) is 2.31. The summed E-state index contributed by atoms with van der Waals surface area (Å²) in [7, 11) is 0. The largest absolute Gasteiger partial charge is 0.480 e. The highest BCUT2D eigenvalue weighted by Crippen LogP contribution is 2.23. The summed E-state index contributed by atoms with van der Waals surface area (Å²) in [4.78, 5) is 11.1. The van der Waals surface area contributed by atoms with Crippen LogP contribution < -0.4 is 5.73 Å². The molecule has 0 aliphatic rings. The molecule has 0 amide bonds. The van der Waals surface area contributed by atoms with E-state index in [9.17, 15) is 4.79 Å². The summed E-state index contributed by atoms with van der Waals surface area (Å²) >= 11 is 0. The van der Waals surface area contributed by atoms with Crippen molar-refractivity contribution in [3.05, 3.63) is 35.9 Å². The Bertz CT molecular complexity index is 316. The fourth-order valence-electron chi connectivity index (χ4n) is 1.50. The molecule has 1 aromatic carbocycles. The molecular formula is C11H16ClNO2. The van der Waals surface area contributed by atoms with Gasteiger partial charge in [-0.25, -0.2) is 4.79 Å². The Hall–Kier alpha value is -1.06. The first-order valence-corrected chi connectivity index (χ1v) is 4.69. The smallest absolute Gasteiger partial charge is 0.328 e. The molecule has 84 valence electrons. The Balaban J connectivity index is 0.00000196. The van der Waals surface area contributed by atoms with Crippen molar-refractivity contribution < 1.29 is 9.90 Å². The predicted molar refractivity (Wildman–Crippen MR) is 62.1 cm³/mol. The maximum absolute atomic E-state index is 11.1. The summed E-state index contributed by atoms with van der Waals surface area (Å²) in [6.45, 7) is 1.92. The number of hydrogen-bond acceptors (Lipinski definition) is 2. The Morgan fingerprint density at radius 1 is 1.40 bits per heavy atom. The number of nitrogens with two attached hydrogens (primary N) is 1. The zero-order chi connectivity index (χ0) is 10.6. The van der Waals surface area contributed by atoms with Gasteiger partial charge in [-0.15, -0.1) is 12.4 Å².